The molecule has 0 spiro atoms. The van der Waals surface area contributed by atoms with Crippen LogP contribution in [0.3, 0.4) is 0 Å². The summed E-state index contributed by atoms with van der Waals surface area (Å²) in [4.78, 5) is 13.7. The summed E-state index contributed by atoms with van der Waals surface area (Å²) in [7, 11) is -3.64. The second kappa shape index (κ2) is 7.77. The number of nitrogens with zero attached hydrogens (tertiary/aromatic N) is 2. The molecule has 2 aliphatic heterocycles. The Balaban J connectivity index is 0.00000225. The van der Waals surface area contributed by atoms with Crippen LogP contribution in [0.2, 0.25) is 0 Å². The fraction of sp³-hybridized carbons (Fsp3) is 0.533. The number of sulfonamides is 1. The zero-order chi connectivity index (χ0) is 17.3. The average molecular weight is 392 g/mol. The number of ether oxygens (including phenoxy) is 2. The largest absolute Gasteiger partial charge is 0.486 e. The van der Waals surface area contributed by atoms with E-state index in [2.05, 4.69) is 0 Å². The van der Waals surface area contributed by atoms with Gasteiger partial charge in [0.2, 0.25) is 15.9 Å². The van der Waals surface area contributed by atoms with Gasteiger partial charge >= 0.3 is 0 Å². The Bertz CT molecular complexity index is 733. The minimum absolute atomic E-state index is 0. The molecule has 140 valence electrons. The molecule has 1 aromatic rings. The van der Waals surface area contributed by atoms with Crippen molar-refractivity contribution in [2.75, 3.05) is 39.4 Å². The van der Waals surface area contributed by atoms with E-state index < -0.39 is 16.1 Å². The van der Waals surface area contributed by atoms with E-state index in [4.69, 9.17) is 15.2 Å². The maximum Gasteiger partial charge on any atom is 0.243 e. The molecule has 0 saturated carbocycles. The molecule has 0 unspecified atom stereocenters. The second-order valence-electron chi connectivity index (χ2n) is 5.82. The van der Waals surface area contributed by atoms with Gasteiger partial charge in [-0.25, -0.2) is 8.42 Å². The lowest BCUT2D eigenvalue weighted by atomic mass is 10.2. The first-order valence-corrected chi connectivity index (χ1v) is 9.28. The first kappa shape index (κ1) is 19.8. The highest BCUT2D eigenvalue weighted by molar-refractivity contribution is 7.89. The van der Waals surface area contributed by atoms with Crippen molar-refractivity contribution in [2.45, 2.75) is 17.9 Å². The van der Waals surface area contributed by atoms with E-state index in [1.807, 2.05) is 0 Å². The lowest BCUT2D eigenvalue weighted by molar-refractivity contribution is -0.133. The molecule has 25 heavy (non-hydrogen) atoms. The van der Waals surface area contributed by atoms with Gasteiger partial charge < -0.3 is 20.1 Å². The summed E-state index contributed by atoms with van der Waals surface area (Å²) in [6.07, 6.45) is 0. The maximum atomic E-state index is 12.8. The summed E-state index contributed by atoms with van der Waals surface area (Å²) >= 11 is 0. The summed E-state index contributed by atoms with van der Waals surface area (Å²) in [6.45, 7) is 3.64. The molecule has 1 fully saturated rings. The number of hydrogen-bond acceptors (Lipinski definition) is 6. The highest BCUT2D eigenvalue weighted by Gasteiger charge is 2.31. The molecule has 2 N–H and O–H groups in total. The minimum atomic E-state index is -3.64. The van der Waals surface area contributed by atoms with Crippen molar-refractivity contribution in [1.82, 2.24) is 9.21 Å². The fourth-order valence-corrected chi connectivity index (χ4v) is 4.21. The van der Waals surface area contributed by atoms with Crippen LogP contribution < -0.4 is 15.2 Å². The van der Waals surface area contributed by atoms with E-state index in [-0.39, 0.29) is 36.3 Å². The van der Waals surface area contributed by atoms with Crippen molar-refractivity contribution < 1.29 is 22.7 Å². The zero-order valence-corrected chi connectivity index (χ0v) is 15.5. The van der Waals surface area contributed by atoms with Crippen LogP contribution in [0.4, 0.5) is 0 Å². The Morgan fingerprint density at radius 1 is 1.12 bits per heavy atom. The second-order valence-corrected chi connectivity index (χ2v) is 7.76. The molecular formula is C15H22ClN3O5S. The molecular weight excluding hydrogens is 370 g/mol. The topological polar surface area (TPSA) is 102 Å². The number of fused-ring (bicyclic) bond motifs is 1. The Morgan fingerprint density at radius 3 is 2.32 bits per heavy atom. The smallest absolute Gasteiger partial charge is 0.243 e. The van der Waals surface area contributed by atoms with Gasteiger partial charge in [0.25, 0.3) is 0 Å². The number of amides is 1. The fourth-order valence-electron chi connectivity index (χ4n) is 2.77. The van der Waals surface area contributed by atoms with Gasteiger partial charge in [0.1, 0.15) is 13.2 Å². The highest BCUT2D eigenvalue weighted by Crippen LogP contribution is 2.33. The van der Waals surface area contributed by atoms with Gasteiger partial charge in [-0.3, -0.25) is 4.79 Å². The molecule has 8 nitrogen and oxygen atoms in total. The van der Waals surface area contributed by atoms with Crippen LogP contribution >= 0.6 is 12.4 Å². The van der Waals surface area contributed by atoms with Crippen LogP contribution in [0, 0.1) is 0 Å². The van der Waals surface area contributed by atoms with E-state index in [9.17, 15) is 13.2 Å². The van der Waals surface area contributed by atoms with Crippen LogP contribution in [-0.2, 0) is 14.8 Å². The van der Waals surface area contributed by atoms with Crippen molar-refractivity contribution in [2.24, 2.45) is 5.73 Å². The molecule has 1 saturated heterocycles. The number of rotatable bonds is 3. The number of halogens is 1. The first-order valence-electron chi connectivity index (χ1n) is 7.84. The lowest BCUT2D eigenvalue weighted by Gasteiger charge is -2.34. The predicted molar refractivity (Wildman–Crippen MR) is 93.7 cm³/mol. The number of carbonyl (C=O) groups is 1. The molecule has 0 aromatic heterocycles. The quantitative estimate of drug-likeness (QED) is 0.781. The monoisotopic (exact) mass is 391 g/mol. The van der Waals surface area contributed by atoms with E-state index in [1.54, 1.807) is 17.9 Å². The molecule has 0 radical (unpaired) electrons. The van der Waals surface area contributed by atoms with Gasteiger partial charge in [-0.05, 0) is 19.1 Å². The van der Waals surface area contributed by atoms with Gasteiger partial charge in [-0.1, -0.05) is 0 Å². The maximum absolute atomic E-state index is 12.8. The van der Waals surface area contributed by atoms with E-state index in [1.165, 1.54) is 16.4 Å². The predicted octanol–water partition coefficient (Wildman–Crippen LogP) is 0.0597. The molecule has 0 aliphatic carbocycles. The van der Waals surface area contributed by atoms with Gasteiger partial charge in [0, 0.05) is 32.2 Å². The first-order chi connectivity index (χ1) is 11.4. The SMILES string of the molecule is C[C@@H](N)C(=O)N1CCN(S(=O)(=O)c2ccc3c(c2)OCCO3)CC1.Cl. The number of carbonyl (C=O) groups excluding carboxylic acids is 1. The molecule has 2 aliphatic rings. The summed E-state index contributed by atoms with van der Waals surface area (Å²) < 4.78 is 37.8. The summed E-state index contributed by atoms with van der Waals surface area (Å²) in [5.41, 5.74) is 5.59. The molecule has 1 atom stereocenters. The molecule has 0 bridgehead atoms. The van der Waals surface area contributed by atoms with Crippen molar-refractivity contribution in [1.29, 1.82) is 0 Å². The van der Waals surface area contributed by atoms with Gasteiger partial charge in [-0.2, -0.15) is 4.31 Å². The average Bonchev–Trinajstić information content (AvgIpc) is 2.60. The van der Waals surface area contributed by atoms with E-state index in [0.717, 1.165) is 0 Å². The minimum Gasteiger partial charge on any atom is -0.486 e. The normalized spacial score (nSPS) is 19.0. The molecule has 10 heteroatoms. The standard InChI is InChI=1S/C15H21N3O5S.ClH/c1-11(16)15(19)17-4-6-18(7-5-17)24(20,21)12-2-3-13-14(10-12)23-9-8-22-13;/h2-3,10-11H,4-9,16H2,1H3;1H/t11-;/m1./s1. The Kier molecular flexibility index (Phi) is 6.15. The van der Waals surface area contributed by atoms with Crippen molar-refractivity contribution in [3.05, 3.63) is 18.2 Å². The number of benzene rings is 1. The number of nitrogens with two attached hydrogens (primary N) is 1. The molecule has 1 amide bonds. The third-order valence-electron chi connectivity index (χ3n) is 4.09. The van der Waals surface area contributed by atoms with E-state index >= 15 is 0 Å². The third kappa shape index (κ3) is 4.00. The summed E-state index contributed by atoms with van der Waals surface area (Å²) in [5.74, 6) is 0.826. The zero-order valence-electron chi connectivity index (χ0n) is 13.9. The van der Waals surface area contributed by atoms with Crippen LogP contribution in [0.15, 0.2) is 23.1 Å². The number of hydrogen-bond donors (Lipinski definition) is 1. The molecule has 1 aromatic carbocycles. The molecule has 2 heterocycles. The Hall–Kier alpha value is -1.55. The van der Waals surface area contributed by atoms with Crippen LogP contribution in [0.5, 0.6) is 11.5 Å². The third-order valence-corrected chi connectivity index (χ3v) is 5.99. The van der Waals surface area contributed by atoms with Gasteiger partial charge in [-0.15, -0.1) is 12.4 Å². The Morgan fingerprint density at radius 2 is 1.72 bits per heavy atom. The lowest BCUT2D eigenvalue weighted by Crippen LogP contribution is -2.53. The van der Waals surface area contributed by atoms with Gasteiger partial charge in [0.05, 0.1) is 10.9 Å². The number of piperazine rings is 1. The highest BCUT2D eigenvalue weighted by atomic mass is 35.5. The van der Waals surface area contributed by atoms with Crippen molar-refractivity contribution in [3.8, 4) is 11.5 Å². The Labute approximate surface area is 153 Å². The summed E-state index contributed by atoms with van der Waals surface area (Å²) in [5, 5.41) is 0. The summed E-state index contributed by atoms with van der Waals surface area (Å²) in [6, 6.07) is 4.04. The van der Waals surface area contributed by atoms with Crippen LogP contribution in [-0.4, -0.2) is 69.0 Å². The van der Waals surface area contributed by atoms with Gasteiger partial charge in [0.15, 0.2) is 11.5 Å². The van der Waals surface area contributed by atoms with Crippen molar-refractivity contribution >= 4 is 28.3 Å². The van der Waals surface area contributed by atoms with E-state index in [0.29, 0.717) is 37.8 Å². The van der Waals surface area contributed by atoms with Crippen LogP contribution in [0.1, 0.15) is 6.92 Å². The van der Waals surface area contributed by atoms with Crippen molar-refractivity contribution in [3.63, 3.8) is 0 Å². The van der Waals surface area contributed by atoms with Crippen LogP contribution in [0.25, 0.3) is 0 Å². The molecule has 3 rings (SSSR count).